The SMILES string of the molecule is CC(C)(C)SCCNC(=O)CN(c1ccc(OCc2ccccc2)cc1)S(C)(=O)=O. The van der Waals surface area contributed by atoms with Crippen molar-refractivity contribution in [3.8, 4) is 5.75 Å². The van der Waals surface area contributed by atoms with Crippen LogP contribution >= 0.6 is 11.8 Å². The number of carbonyl (C=O) groups is 1. The molecule has 0 aromatic heterocycles. The molecule has 6 nitrogen and oxygen atoms in total. The van der Waals surface area contributed by atoms with E-state index >= 15 is 0 Å². The molecule has 2 rings (SSSR count). The van der Waals surface area contributed by atoms with Crippen molar-refractivity contribution in [1.29, 1.82) is 0 Å². The lowest BCUT2D eigenvalue weighted by Crippen LogP contribution is -2.41. The van der Waals surface area contributed by atoms with E-state index in [1.54, 1.807) is 36.0 Å². The molecule has 164 valence electrons. The number of sulfonamides is 1. The standard InChI is InChI=1S/C22H30N2O4S2/c1-22(2,3)29-15-14-23-21(25)16-24(30(4,26)27)19-10-12-20(13-11-19)28-17-18-8-6-5-7-9-18/h5-13H,14-17H2,1-4H3,(H,23,25). The Kier molecular flexibility index (Phi) is 8.61. The number of hydrogen-bond acceptors (Lipinski definition) is 5. The lowest BCUT2D eigenvalue weighted by Gasteiger charge is -2.22. The molecule has 0 fully saturated rings. The van der Waals surface area contributed by atoms with Gasteiger partial charge < -0.3 is 10.1 Å². The van der Waals surface area contributed by atoms with E-state index in [1.807, 2.05) is 30.3 Å². The molecule has 0 heterocycles. The Bertz CT molecular complexity index is 908. The Morgan fingerprint density at radius 3 is 2.27 bits per heavy atom. The first kappa shape index (κ1) is 24.1. The minimum Gasteiger partial charge on any atom is -0.489 e. The Hall–Kier alpha value is -2.19. The molecule has 30 heavy (non-hydrogen) atoms. The first-order valence-corrected chi connectivity index (χ1v) is 12.5. The number of amides is 1. The summed E-state index contributed by atoms with van der Waals surface area (Å²) in [6, 6.07) is 16.5. The molecule has 2 aromatic rings. The van der Waals surface area contributed by atoms with Crippen molar-refractivity contribution in [3.63, 3.8) is 0 Å². The summed E-state index contributed by atoms with van der Waals surface area (Å²) >= 11 is 1.74. The summed E-state index contributed by atoms with van der Waals surface area (Å²) in [4.78, 5) is 12.3. The van der Waals surface area contributed by atoms with Gasteiger partial charge in [-0.05, 0) is 29.8 Å². The maximum atomic E-state index is 12.3. The Labute approximate surface area is 184 Å². The van der Waals surface area contributed by atoms with Crippen molar-refractivity contribution in [3.05, 3.63) is 60.2 Å². The van der Waals surface area contributed by atoms with Gasteiger partial charge in [0.15, 0.2) is 0 Å². The molecule has 8 heteroatoms. The van der Waals surface area contributed by atoms with E-state index in [1.165, 1.54) is 0 Å². The number of rotatable bonds is 10. The van der Waals surface area contributed by atoms with Crippen LogP contribution in [0.2, 0.25) is 0 Å². The predicted molar refractivity (Wildman–Crippen MR) is 125 cm³/mol. The largest absolute Gasteiger partial charge is 0.489 e. The van der Waals surface area contributed by atoms with Crippen LogP contribution in [-0.4, -0.2) is 44.2 Å². The van der Waals surface area contributed by atoms with E-state index < -0.39 is 10.0 Å². The lowest BCUT2D eigenvalue weighted by atomic mass is 10.2. The highest BCUT2D eigenvalue weighted by Gasteiger charge is 2.21. The zero-order chi connectivity index (χ0) is 22.2. The second kappa shape index (κ2) is 10.7. The predicted octanol–water partition coefficient (Wildman–Crippen LogP) is 3.68. The van der Waals surface area contributed by atoms with Gasteiger partial charge in [-0.2, -0.15) is 11.8 Å². The smallest absolute Gasteiger partial charge is 0.240 e. The lowest BCUT2D eigenvalue weighted by molar-refractivity contribution is -0.119. The van der Waals surface area contributed by atoms with Crippen LogP contribution in [0, 0.1) is 0 Å². The molecule has 1 amide bonds. The number of ether oxygens (including phenoxy) is 1. The maximum Gasteiger partial charge on any atom is 0.240 e. The first-order chi connectivity index (χ1) is 14.0. The molecular formula is C22H30N2O4S2. The molecule has 0 aliphatic carbocycles. The third kappa shape index (κ3) is 8.67. The first-order valence-electron chi connectivity index (χ1n) is 9.70. The topological polar surface area (TPSA) is 75.7 Å². The van der Waals surface area contributed by atoms with E-state index in [4.69, 9.17) is 4.74 Å². The number of nitrogens with zero attached hydrogens (tertiary/aromatic N) is 1. The second-order valence-electron chi connectivity index (χ2n) is 7.85. The van der Waals surface area contributed by atoms with Gasteiger partial charge >= 0.3 is 0 Å². The number of nitrogens with one attached hydrogen (secondary N) is 1. The number of benzene rings is 2. The van der Waals surface area contributed by atoms with Gasteiger partial charge in [-0.3, -0.25) is 9.10 Å². The van der Waals surface area contributed by atoms with E-state index in [0.717, 1.165) is 21.9 Å². The molecule has 0 aliphatic heterocycles. The molecule has 0 saturated heterocycles. The van der Waals surface area contributed by atoms with Crippen LogP contribution < -0.4 is 14.4 Å². The summed E-state index contributed by atoms with van der Waals surface area (Å²) in [7, 11) is -3.61. The van der Waals surface area contributed by atoms with Crippen LogP contribution in [0.15, 0.2) is 54.6 Å². The fraction of sp³-hybridized carbons (Fsp3) is 0.409. The van der Waals surface area contributed by atoms with Gasteiger partial charge in [0.2, 0.25) is 15.9 Å². The average Bonchev–Trinajstić information content (AvgIpc) is 2.68. The van der Waals surface area contributed by atoms with Crippen LogP contribution in [0.4, 0.5) is 5.69 Å². The van der Waals surface area contributed by atoms with E-state index in [2.05, 4.69) is 26.1 Å². The molecule has 0 radical (unpaired) electrons. The summed E-state index contributed by atoms with van der Waals surface area (Å²) in [5.41, 5.74) is 1.46. The number of carbonyl (C=O) groups excluding carboxylic acids is 1. The van der Waals surface area contributed by atoms with Crippen molar-refractivity contribution in [1.82, 2.24) is 5.32 Å². The molecule has 1 N–H and O–H groups in total. The fourth-order valence-electron chi connectivity index (χ4n) is 2.58. The normalized spacial score (nSPS) is 11.7. The number of hydrogen-bond donors (Lipinski definition) is 1. The van der Waals surface area contributed by atoms with E-state index in [9.17, 15) is 13.2 Å². The van der Waals surface area contributed by atoms with Crippen LogP contribution in [0.1, 0.15) is 26.3 Å². The highest BCUT2D eigenvalue weighted by Crippen LogP contribution is 2.23. The second-order valence-corrected chi connectivity index (χ2v) is 11.7. The highest BCUT2D eigenvalue weighted by atomic mass is 32.2. The summed E-state index contributed by atoms with van der Waals surface area (Å²) in [5, 5.41) is 2.79. The Balaban J connectivity index is 1.95. The van der Waals surface area contributed by atoms with Crippen LogP contribution in [0.25, 0.3) is 0 Å². The summed E-state index contributed by atoms with van der Waals surface area (Å²) in [6.07, 6.45) is 1.09. The third-order valence-corrected chi connectivity index (χ3v) is 6.43. The third-order valence-electron chi connectivity index (χ3n) is 4.02. The summed E-state index contributed by atoms with van der Waals surface area (Å²) in [6.45, 7) is 6.98. The van der Waals surface area contributed by atoms with Gasteiger partial charge in [0.1, 0.15) is 18.9 Å². The summed E-state index contributed by atoms with van der Waals surface area (Å²) in [5.74, 6) is 1.06. The molecule has 0 bridgehead atoms. The molecule has 0 unspecified atom stereocenters. The van der Waals surface area contributed by atoms with Crippen LogP contribution in [0.3, 0.4) is 0 Å². The van der Waals surface area contributed by atoms with Gasteiger partial charge in [0.25, 0.3) is 0 Å². The van der Waals surface area contributed by atoms with Crippen LogP contribution in [0.5, 0.6) is 5.75 Å². The van der Waals surface area contributed by atoms with Crippen molar-refractivity contribution in [2.24, 2.45) is 0 Å². The number of thioether (sulfide) groups is 1. The molecule has 0 saturated carbocycles. The van der Waals surface area contributed by atoms with Gasteiger partial charge in [0.05, 0.1) is 11.9 Å². The van der Waals surface area contributed by atoms with Gasteiger partial charge in [-0.1, -0.05) is 51.1 Å². The fourth-order valence-corrected chi connectivity index (χ4v) is 4.26. The zero-order valence-electron chi connectivity index (χ0n) is 17.9. The number of anilines is 1. The van der Waals surface area contributed by atoms with Crippen molar-refractivity contribution in [2.45, 2.75) is 32.1 Å². The monoisotopic (exact) mass is 450 g/mol. The molecule has 0 atom stereocenters. The molecular weight excluding hydrogens is 420 g/mol. The van der Waals surface area contributed by atoms with E-state index in [-0.39, 0.29) is 17.2 Å². The van der Waals surface area contributed by atoms with Gasteiger partial charge in [-0.15, -0.1) is 0 Å². The quantitative estimate of drug-likeness (QED) is 0.559. The Morgan fingerprint density at radius 2 is 1.70 bits per heavy atom. The minimum absolute atomic E-state index is 0.119. The summed E-state index contributed by atoms with van der Waals surface area (Å²) < 4.78 is 31.4. The molecule has 0 aliphatic rings. The minimum atomic E-state index is -3.61. The maximum absolute atomic E-state index is 12.3. The van der Waals surface area contributed by atoms with Gasteiger partial charge in [-0.25, -0.2) is 8.42 Å². The van der Waals surface area contributed by atoms with Gasteiger partial charge in [0, 0.05) is 17.0 Å². The van der Waals surface area contributed by atoms with Crippen molar-refractivity contribution < 1.29 is 17.9 Å². The van der Waals surface area contributed by atoms with Crippen LogP contribution in [-0.2, 0) is 21.4 Å². The van der Waals surface area contributed by atoms with Crippen molar-refractivity contribution in [2.75, 3.05) is 29.4 Å². The zero-order valence-corrected chi connectivity index (χ0v) is 19.6. The molecule has 0 spiro atoms. The van der Waals surface area contributed by atoms with Crippen molar-refractivity contribution >= 4 is 33.4 Å². The van der Waals surface area contributed by atoms with E-state index in [0.29, 0.717) is 24.6 Å². The molecule has 2 aromatic carbocycles. The average molecular weight is 451 g/mol. The Morgan fingerprint density at radius 1 is 1.07 bits per heavy atom. The highest BCUT2D eigenvalue weighted by molar-refractivity contribution is 8.00.